The lowest BCUT2D eigenvalue weighted by Crippen LogP contribution is -2.45. The van der Waals surface area contributed by atoms with Crippen LogP contribution in [0, 0.1) is 5.82 Å². The predicted octanol–water partition coefficient (Wildman–Crippen LogP) is 2.19. The van der Waals surface area contributed by atoms with E-state index in [0.29, 0.717) is 12.1 Å². The lowest BCUT2D eigenvalue weighted by molar-refractivity contribution is 0.315. The molecule has 1 aromatic rings. The zero-order chi connectivity index (χ0) is 11.4. The summed E-state index contributed by atoms with van der Waals surface area (Å²) >= 11 is 0. The van der Waals surface area contributed by atoms with Crippen molar-refractivity contribution in [2.45, 2.75) is 39.8 Å². The maximum atomic E-state index is 13.0. The van der Waals surface area contributed by atoms with Gasteiger partial charge < -0.3 is 4.81 Å². The summed E-state index contributed by atoms with van der Waals surface area (Å²) in [5.41, 5.74) is 0.914. The molecule has 0 saturated carbocycles. The lowest BCUT2D eigenvalue weighted by atomic mass is 9.78. The van der Waals surface area contributed by atoms with Crippen molar-refractivity contribution in [2.75, 3.05) is 0 Å². The Morgan fingerprint density at radius 1 is 1.13 bits per heavy atom. The third kappa shape index (κ3) is 3.67. The minimum absolute atomic E-state index is 0.184. The molecular weight excluding hydrogens is 188 g/mol. The highest BCUT2D eigenvalue weighted by atomic mass is 19.1. The van der Waals surface area contributed by atoms with E-state index in [1.165, 1.54) is 6.07 Å². The van der Waals surface area contributed by atoms with Crippen molar-refractivity contribution in [3.8, 4) is 0 Å². The molecule has 0 atom stereocenters. The normalized spacial score (nSPS) is 11.5. The van der Waals surface area contributed by atoms with Crippen molar-refractivity contribution in [3.05, 3.63) is 30.1 Å². The first kappa shape index (κ1) is 12.2. The van der Waals surface area contributed by atoms with Gasteiger partial charge in [0.1, 0.15) is 5.82 Å². The van der Waals surface area contributed by atoms with Crippen molar-refractivity contribution in [2.24, 2.45) is 0 Å². The largest absolute Gasteiger partial charge is 0.338 e. The summed E-state index contributed by atoms with van der Waals surface area (Å²) in [6.07, 6.45) is 0. The van der Waals surface area contributed by atoms with Gasteiger partial charge in [0.2, 0.25) is 7.41 Å². The maximum Gasteiger partial charge on any atom is 0.248 e. The van der Waals surface area contributed by atoms with Crippen molar-refractivity contribution in [3.63, 3.8) is 0 Å². The molecule has 0 heterocycles. The highest BCUT2D eigenvalue weighted by Gasteiger charge is 2.15. The van der Waals surface area contributed by atoms with Crippen LogP contribution in [-0.4, -0.2) is 24.3 Å². The number of nitrogens with zero attached hydrogens (tertiary/aromatic N) is 1. The van der Waals surface area contributed by atoms with Crippen LogP contribution in [-0.2, 0) is 0 Å². The second-order valence-corrected chi connectivity index (χ2v) is 4.32. The predicted molar refractivity (Wildman–Crippen MR) is 63.9 cm³/mol. The van der Waals surface area contributed by atoms with Gasteiger partial charge in [-0.15, -0.1) is 0 Å². The van der Waals surface area contributed by atoms with E-state index in [0.717, 1.165) is 5.46 Å². The van der Waals surface area contributed by atoms with E-state index in [-0.39, 0.29) is 5.82 Å². The average Bonchev–Trinajstić information content (AvgIpc) is 2.13. The molecule has 3 heteroatoms. The van der Waals surface area contributed by atoms with Crippen molar-refractivity contribution >= 4 is 12.9 Å². The monoisotopic (exact) mass is 206 g/mol. The molecule has 0 unspecified atom stereocenters. The van der Waals surface area contributed by atoms with Gasteiger partial charge in [-0.05, 0) is 24.2 Å². The molecule has 1 radical (unpaired) electrons. The Morgan fingerprint density at radius 2 is 1.73 bits per heavy atom. The first-order valence-electron chi connectivity index (χ1n) is 5.38. The van der Waals surface area contributed by atoms with Crippen LogP contribution in [0.15, 0.2) is 24.3 Å². The molecule has 1 aromatic carbocycles. The molecule has 0 amide bonds. The van der Waals surface area contributed by atoms with Crippen LogP contribution >= 0.6 is 0 Å². The maximum absolute atomic E-state index is 13.0. The van der Waals surface area contributed by atoms with E-state index >= 15 is 0 Å². The lowest BCUT2D eigenvalue weighted by Gasteiger charge is -2.30. The van der Waals surface area contributed by atoms with Gasteiger partial charge in [0, 0.05) is 0 Å². The molecule has 0 aliphatic carbocycles. The van der Waals surface area contributed by atoms with Gasteiger partial charge in [-0.25, -0.2) is 4.39 Å². The average molecular weight is 206 g/mol. The fraction of sp³-hybridized carbons (Fsp3) is 0.500. The molecule has 0 saturated heterocycles. The Kier molecular flexibility index (Phi) is 4.34. The van der Waals surface area contributed by atoms with Crippen molar-refractivity contribution in [1.29, 1.82) is 0 Å². The molecule has 1 rings (SSSR count). The van der Waals surface area contributed by atoms with Gasteiger partial charge in [0.25, 0.3) is 0 Å². The third-order valence-electron chi connectivity index (χ3n) is 2.34. The smallest absolute Gasteiger partial charge is 0.248 e. The van der Waals surface area contributed by atoms with Gasteiger partial charge >= 0.3 is 0 Å². The Hall–Kier alpha value is -0.825. The molecule has 0 N–H and O–H groups in total. The molecule has 0 aliphatic rings. The van der Waals surface area contributed by atoms with Crippen LogP contribution < -0.4 is 5.46 Å². The first-order chi connectivity index (χ1) is 7.00. The Balaban J connectivity index is 2.74. The van der Waals surface area contributed by atoms with E-state index in [2.05, 4.69) is 32.5 Å². The van der Waals surface area contributed by atoms with Gasteiger partial charge in [0.05, 0.1) is 0 Å². The number of hydrogen-bond acceptors (Lipinski definition) is 1. The molecule has 1 nitrogen and oxygen atoms in total. The van der Waals surface area contributed by atoms with E-state index in [1.807, 2.05) is 13.5 Å². The van der Waals surface area contributed by atoms with Crippen LogP contribution in [0.4, 0.5) is 4.39 Å². The SMILES string of the molecule is CC(C)N([B]c1cccc(F)c1)C(C)C. The minimum atomic E-state index is -0.184. The zero-order valence-electron chi connectivity index (χ0n) is 9.87. The summed E-state index contributed by atoms with van der Waals surface area (Å²) in [5.74, 6) is -0.184. The Morgan fingerprint density at radius 3 is 2.20 bits per heavy atom. The summed E-state index contributed by atoms with van der Waals surface area (Å²) in [6, 6.07) is 7.52. The van der Waals surface area contributed by atoms with Gasteiger partial charge in [-0.1, -0.05) is 45.3 Å². The standard InChI is InChI=1S/C12H18BFN/c1-9(2)15(10(3)4)13-11-6-5-7-12(14)8-11/h5-10H,1-4H3. The molecule has 15 heavy (non-hydrogen) atoms. The summed E-state index contributed by atoms with van der Waals surface area (Å²) < 4.78 is 13.0. The number of halogens is 1. The van der Waals surface area contributed by atoms with Crippen LogP contribution in [0.3, 0.4) is 0 Å². The van der Waals surface area contributed by atoms with E-state index in [1.54, 1.807) is 12.1 Å². The highest BCUT2D eigenvalue weighted by Crippen LogP contribution is 2.03. The van der Waals surface area contributed by atoms with Crippen molar-refractivity contribution in [1.82, 2.24) is 4.81 Å². The van der Waals surface area contributed by atoms with Gasteiger partial charge in [-0.2, -0.15) is 0 Å². The van der Waals surface area contributed by atoms with Crippen LogP contribution in [0.2, 0.25) is 0 Å². The molecule has 81 valence electrons. The summed E-state index contributed by atoms with van der Waals surface area (Å²) in [6.45, 7) is 8.54. The van der Waals surface area contributed by atoms with Crippen LogP contribution in [0.25, 0.3) is 0 Å². The molecule has 0 aromatic heterocycles. The number of rotatable bonds is 4. The van der Waals surface area contributed by atoms with E-state index in [4.69, 9.17) is 0 Å². The number of benzene rings is 1. The fourth-order valence-electron chi connectivity index (χ4n) is 1.65. The van der Waals surface area contributed by atoms with Crippen LogP contribution in [0.5, 0.6) is 0 Å². The molecule has 0 fully saturated rings. The Labute approximate surface area is 92.6 Å². The molecule has 0 aliphatic heterocycles. The summed E-state index contributed by atoms with van der Waals surface area (Å²) in [5, 5.41) is 0. The summed E-state index contributed by atoms with van der Waals surface area (Å²) in [4.78, 5) is 2.22. The van der Waals surface area contributed by atoms with E-state index < -0.39 is 0 Å². The zero-order valence-corrected chi connectivity index (χ0v) is 9.87. The first-order valence-corrected chi connectivity index (χ1v) is 5.38. The third-order valence-corrected chi connectivity index (χ3v) is 2.34. The quantitative estimate of drug-likeness (QED) is 0.682. The molecule has 0 spiro atoms. The second-order valence-electron chi connectivity index (χ2n) is 4.32. The molecule has 0 bridgehead atoms. The van der Waals surface area contributed by atoms with Gasteiger partial charge in [0.15, 0.2) is 0 Å². The second kappa shape index (κ2) is 5.31. The van der Waals surface area contributed by atoms with Gasteiger partial charge in [-0.3, -0.25) is 0 Å². The highest BCUT2D eigenvalue weighted by molar-refractivity contribution is 6.50. The minimum Gasteiger partial charge on any atom is -0.338 e. The van der Waals surface area contributed by atoms with Crippen LogP contribution in [0.1, 0.15) is 27.7 Å². The summed E-state index contributed by atoms with van der Waals surface area (Å²) in [7, 11) is 2.01. The Bertz CT molecular complexity index is 304. The molecular formula is C12H18BFN. The van der Waals surface area contributed by atoms with E-state index in [9.17, 15) is 4.39 Å². The topological polar surface area (TPSA) is 3.24 Å². The van der Waals surface area contributed by atoms with Crippen molar-refractivity contribution < 1.29 is 4.39 Å². The number of hydrogen-bond donors (Lipinski definition) is 0. The fourth-order valence-corrected chi connectivity index (χ4v) is 1.65.